The summed E-state index contributed by atoms with van der Waals surface area (Å²) in [5, 5.41) is 20.9. The Hall–Kier alpha value is -2.15. The molecule has 3 rings (SSSR count). The van der Waals surface area contributed by atoms with Crippen LogP contribution in [0.1, 0.15) is 40.4 Å². The first-order chi connectivity index (χ1) is 13.1. The number of thiophene rings is 1. The Balaban J connectivity index is 1.70. The first-order valence-electron chi connectivity index (χ1n) is 8.74. The smallest absolute Gasteiger partial charge is 0.257 e. The molecule has 0 spiro atoms. The number of hydrogen-bond donors (Lipinski definition) is 2. The van der Waals surface area contributed by atoms with Gasteiger partial charge >= 0.3 is 0 Å². The van der Waals surface area contributed by atoms with E-state index >= 15 is 0 Å². The van der Waals surface area contributed by atoms with Crippen LogP contribution in [0.3, 0.4) is 0 Å². The molecule has 0 saturated heterocycles. The van der Waals surface area contributed by atoms with E-state index in [9.17, 15) is 9.90 Å². The van der Waals surface area contributed by atoms with Gasteiger partial charge in [-0.3, -0.25) is 4.79 Å². The van der Waals surface area contributed by atoms with Crippen molar-refractivity contribution in [1.29, 1.82) is 0 Å². The van der Waals surface area contributed by atoms with Crippen LogP contribution in [-0.4, -0.2) is 29.3 Å². The van der Waals surface area contributed by atoms with Gasteiger partial charge in [0.2, 0.25) is 0 Å². The van der Waals surface area contributed by atoms with E-state index in [2.05, 4.69) is 21.9 Å². The molecule has 2 N–H and O–H groups in total. The normalized spacial score (nSPS) is 12.1. The summed E-state index contributed by atoms with van der Waals surface area (Å²) in [4.78, 5) is 12.8. The topological polar surface area (TPSA) is 75.4 Å². The molecule has 0 radical (unpaired) electrons. The van der Waals surface area contributed by atoms with Gasteiger partial charge in [0.15, 0.2) is 0 Å². The summed E-state index contributed by atoms with van der Waals surface area (Å²) < 4.78 is 5.25. The van der Waals surface area contributed by atoms with E-state index in [-0.39, 0.29) is 18.4 Å². The molecule has 1 atom stereocenters. The molecule has 2 heterocycles. The monoisotopic (exact) mass is 404 g/mol. The first-order valence-corrected chi connectivity index (χ1v) is 10.1. The molecule has 3 aromatic rings. The van der Waals surface area contributed by atoms with Gasteiger partial charge in [-0.25, -0.2) is 0 Å². The minimum atomic E-state index is -0.239. The fraction of sp³-hybridized carbons (Fsp3) is 0.300. The van der Waals surface area contributed by atoms with Crippen molar-refractivity contribution in [3.63, 3.8) is 0 Å². The lowest BCUT2D eigenvalue weighted by atomic mass is 9.95. The third-order valence-electron chi connectivity index (χ3n) is 4.49. The van der Waals surface area contributed by atoms with Crippen LogP contribution in [0.25, 0.3) is 11.3 Å². The summed E-state index contributed by atoms with van der Waals surface area (Å²) in [5.41, 5.74) is 2.71. The van der Waals surface area contributed by atoms with Gasteiger partial charge in [0.1, 0.15) is 17.0 Å². The predicted octanol–water partition coefficient (Wildman–Crippen LogP) is 4.65. The number of aliphatic hydroxyl groups excluding tert-OH is 1. The Bertz CT molecular complexity index is 893. The van der Waals surface area contributed by atoms with E-state index in [1.54, 1.807) is 24.3 Å². The molecule has 142 valence electrons. The Morgan fingerprint density at radius 2 is 2.15 bits per heavy atom. The van der Waals surface area contributed by atoms with Gasteiger partial charge in [0.05, 0.1) is 5.02 Å². The largest absolute Gasteiger partial charge is 0.396 e. The highest BCUT2D eigenvalue weighted by molar-refractivity contribution is 7.08. The lowest BCUT2D eigenvalue weighted by Crippen LogP contribution is -2.26. The maximum atomic E-state index is 12.8. The minimum Gasteiger partial charge on any atom is -0.396 e. The standard InChI is InChI=1S/C20H21ClN2O3S/c1-13-18(19(23-26-13)16-4-2-3-5-17(16)21)20(25)22-9-6-14(7-10-24)15-8-11-27-12-15/h2-5,8,11-12,14,24H,6-7,9-10H2,1H3,(H,22,25)/t14-/m1/s1. The SMILES string of the molecule is Cc1onc(-c2ccccc2Cl)c1C(=O)NCC[C@H](CCO)c1ccsc1. The highest BCUT2D eigenvalue weighted by Gasteiger charge is 2.23. The van der Waals surface area contributed by atoms with Crippen LogP contribution in [0.5, 0.6) is 0 Å². The summed E-state index contributed by atoms with van der Waals surface area (Å²) in [6.07, 6.45) is 1.42. The van der Waals surface area contributed by atoms with Crippen LogP contribution in [0.4, 0.5) is 0 Å². The lowest BCUT2D eigenvalue weighted by Gasteiger charge is -2.15. The molecule has 0 saturated carbocycles. The number of aliphatic hydroxyl groups is 1. The van der Waals surface area contributed by atoms with Gasteiger partial charge in [0.25, 0.3) is 5.91 Å². The third-order valence-corrected chi connectivity index (χ3v) is 5.52. The molecule has 0 aliphatic carbocycles. The van der Waals surface area contributed by atoms with Crippen molar-refractivity contribution in [2.24, 2.45) is 0 Å². The number of aromatic nitrogens is 1. The maximum Gasteiger partial charge on any atom is 0.257 e. The summed E-state index contributed by atoms with van der Waals surface area (Å²) in [5.74, 6) is 0.428. The van der Waals surface area contributed by atoms with E-state index in [1.165, 1.54) is 5.56 Å². The van der Waals surface area contributed by atoms with E-state index < -0.39 is 0 Å². The van der Waals surface area contributed by atoms with Crippen molar-refractivity contribution in [3.8, 4) is 11.3 Å². The molecule has 7 heteroatoms. The summed E-state index contributed by atoms with van der Waals surface area (Å²) in [7, 11) is 0. The van der Waals surface area contributed by atoms with Crippen molar-refractivity contribution in [3.05, 3.63) is 63.0 Å². The maximum absolute atomic E-state index is 12.8. The highest BCUT2D eigenvalue weighted by atomic mass is 35.5. The van der Waals surface area contributed by atoms with Crippen molar-refractivity contribution < 1.29 is 14.4 Å². The molecule has 0 aliphatic heterocycles. The Kier molecular flexibility index (Phi) is 6.66. The van der Waals surface area contributed by atoms with Gasteiger partial charge in [-0.15, -0.1) is 0 Å². The molecule has 2 aromatic heterocycles. The number of aryl methyl sites for hydroxylation is 1. The molecule has 0 aliphatic rings. The van der Waals surface area contributed by atoms with Crippen molar-refractivity contribution >= 4 is 28.8 Å². The van der Waals surface area contributed by atoms with Crippen LogP contribution in [0, 0.1) is 6.92 Å². The zero-order valence-electron chi connectivity index (χ0n) is 14.9. The van der Waals surface area contributed by atoms with E-state index in [0.717, 1.165) is 6.42 Å². The van der Waals surface area contributed by atoms with Crippen molar-refractivity contribution in [2.75, 3.05) is 13.2 Å². The lowest BCUT2D eigenvalue weighted by molar-refractivity contribution is 0.0951. The molecule has 5 nitrogen and oxygen atoms in total. The van der Waals surface area contributed by atoms with Gasteiger partial charge in [0, 0.05) is 18.7 Å². The molecule has 0 unspecified atom stereocenters. The number of carbonyl (C=O) groups excluding carboxylic acids is 1. The van der Waals surface area contributed by atoms with Crippen LogP contribution in [0.15, 0.2) is 45.6 Å². The van der Waals surface area contributed by atoms with Crippen LogP contribution in [0.2, 0.25) is 5.02 Å². The van der Waals surface area contributed by atoms with Gasteiger partial charge in [-0.1, -0.05) is 35.0 Å². The van der Waals surface area contributed by atoms with Crippen LogP contribution >= 0.6 is 22.9 Å². The molecule has 0 bridgehead atoms. The van der Waals surface area contributed by atoms with Crippen LogP contribution in [-0.2, 0) is 0 Å². The first kappa shape index (κ1) is 19.6. The van der Waals surface area contributed by atoms with Gasteiger partial charge < -0.3 is 14.9 Å². The summed E-state index contributed by atoms with van der Waals surface area (Å²) in [6.45, 7) is 2.32. The van der Waals surface area contributed by atoms with Gasteiger partial charge in [-0.05, 0) is 54.1 Å². The molecule has 0 fully saturated rings. The second-order valence-corrected chi connectivity index (χ2v) is 7.44. The Morgan fingerprint density at radius 3 is 2.85 bits per heavy atom. The van der Waals surface area contributed by atoms with E-state index in [0.29, 0.717) is 40.6 Å². The third kappa shape index (κ3) is 4.58. The van der Waals surface area contributed by atoms with E-state index in [4.69, 9.17) is 16.1 Å². The van der Waals surface area contributed by atoms with Crippen molar-refractivity contribution in [1.82, 2.24) is 10.5 Å². The summed E-state index contributed by atoms with van der Waals surface area (Å²) >= 11 is 7.88. The number of halogens is 1. The number of carbonyl (C=O) groups is 1. The van der Waals surface area contributed by atoms with Gasteiger partial charge in [-0.2, -0.15) is 11.3 Å². The predicted molar refractivity (Wildman–Crippen MR) is 107 cm³/mol. The molecular formula is C20H21ClN2O3S. The number of rotatable bonds is 8. The average Bonchev–Trinajstić information content (AvgIpc) is 3.31. The van der Waals surface area contributed by atoms with E-state index in [1.807, 2.05) is 23.6 Å². The molecule has 1 amide bonds. The second-order valence-electron chi connectivity index (χ2n) is 6.25. The van der Waals surface area contributed by atoms with Crippen LogP contribution < -0.4 is 5.32 Å². The quantitative estimate of drug-likeness (QED) is 0.573. The summed E-state index contributed by atoms with van der Waals surface area (Å²) in [6, 6.07) is 9.29. The number of benzene rings is 1. The number of amides is 1. The average molecular weight is 405 g/mol. The fourth-order valence-corrected chi connectivity index (χ4v) is 4.03. The zero-order valence-corrected chi connectivity index (χ0v) is 16.5. The molecule has 1 aromatic carbocycles. The highest BCUT2D eigenvalue weighted by Crippen LogP contribution is 2.31. The number of nitrogens with zero attached hydrogens (tertiary/aromatic N) is 1. The Labute approximate surface area is 167 Å². The second kappa shape index (κ2) is 9.17. The number of nitrogens with one attached hydrogen (secondary N) is 1. The number of hydrogen-bond acceptors (Lipinski definition) is 5. The Morgan fingerprint density at radius 1 is 1.33 bits per heavy atom. The molecular weight excluding hydrogens is 384 g/mol. The molecule has 27 heavy (non-hydrogen) atoms. The van der Waals surface area contributed by atoms with Crippen molar-refractivity contribution in [2.45, 2.75) is 25.7 Å². The fourth-order valence-electron chi connectivity index (χ4n) is 3.07. The minimum absolute atomic E-state index is 0.121. The zero-order chi connectivity index (χ0) is 19.2.